The molecule has 3 aromatic rings. The van der Waals surface area contributed by atoms with E-state index in [-0.39, 0.29) is 5.91 Å². The molecule has 0 saturated carbocycles. The van der Waals surface area contributed by atoms with Gasteiger partial charge in [-0.25, -0.2) is 4.98 Å². The molecule has 1 aromatic heterocycles. The van der Waals surface area contributed by atoms with Gasteiger partial charge in [0.25, 0.3) is 0 Å². The third-order valence-electron chi connectivity index (χ3n) is 5.11. The summed E-state index contributed by atoms with van der Waals surface area (Å²) in [6.07, 6.45) is 0.470. The molecule has 0 atom stereocenters. The van der Waals surface area contributed by atoms with E-state index in [2.05, 4.69) is 39.4 Å². The average molecular weight is 406 g/mol. The summed E-state index contributed by atoms with van der Waals surface area (Å²) >= 11 is 1.77. The van der Waals surface area contributed by atoms with Gasteiger partial charge in [-0.15, -0.1) is 11.3 Å². The molecule has 29 heavy (non-hydrogen) atoms. The van der Waals surface area contributed by atoms with Crippen LogP contribution in [0.2, 0.25) is 0 Å². The molecule has 7 heteroatoms. The molecular weight excluding hydrogens is 382 g/mol. The number of carbonyl (C=O) groups is 1. The van der Waals surface area contributed by atoms with Crippen LogP contribution in [0, 0.1) is 11.3 Å². The predicted octanol–water partition coefficient (Wildman–Crippen LogP) is 3.31. The molecule has 1 aliphatic heterocycles. The number of aromatic nitrogens is 1. The van der Waals surface area contributed by atoms with E-state index in [4.69, 9.17) is 10.2 Å². The van der Waals surface area contributed by atoms with Crippen molar-refractivity contribution in [1.82, 2.24) is 14.8 Å². The first-order valence-electron chi connectivity index (χ1n) is 9.79. The number of para-hydroxylation sites is 1. The van der Waals surface area contributed by atoms with Gasteiger partial charge in [0.15, 0.2) is 0 Å². The number of nitriles is 1. The van der Waals surface area contributed by atoms with Crippen molar-refractivity contribution in [3.63, 3.8) is 0 Å². The number of benzene rings is 2. The first-order valence-corrected chi connectivity index (χ1v) is 10.6. The van der Waals surface area contributed by atoms with Gasteiger partial charge in [0.2, 0.25) is 5.91 Å². The summed E-state index contributed by atoms with van der Waals surface area (Å²) in [5.41, 5.74) is 2.40. The molecule has 1 N–H and O–H groups in total. The Morgan fingerprint density at radius 3 is 2.52 bits per heavy atom. The zero-order valence-corrected chi connectivity index (χ0v) is 17.0. The van der Waals surface area contributed by atoms with Crippen LogP contribution in [0.5, 0.6) is 0 Å². The van der Waals surface area contributed by atoms with E-state index in [0.717, 1.165) is 50.5 Å². The van der Waals surface area contributed by atoms with Gasteiger partial charge in [-0.1, -0.05) is 12.1 Å². The number of thiazole rings is 1. The molecule has 1 aliphatic rings. The van der Waals surface area contributed by atoms with Crippen LogP contribution in [0.1, 0.15) is 17.0 Å². The molecule has 2 heterocycles. The molecule has 4 rings (SSSR count). The van der Waals surface area contributed by atoms with E-state index < -0.39 is 0 Å². The molecule has 2 aromatic carbocycles. The lowest BCUT2D eigenvalue weighted by Gasteiger charge is -2.34. The van der Waals surface area contributed by atoms with Gasteiger partial charge in [0, 0.05) is 44.8 Å². The topological polar surface area (TPSA) is 72.3 Å². The zero-order chi connectivity index (χ0) is 20.1. The number of carbonyl (C=O) groups excluding carboxylic acids is 1. The minimum Gasteiger partial charge on any atom is -0.326 e. The van der Waals surface area contributed by atoms with E-state index in [1.807, 2.05) is 6.07 Å². The summed E-state index contributed by atoms with van der Waals surface area (Å²) in [5, 5.41) is 12.9. The van der Waals surface area contributed by atoms with Crippen molar-refractivity contribution in [2.24, 2.45) is 0 Å². The molecule has 0 bridgehead atoms. The Morgan fingerprint density at radius 1 is 1.07 bits per heavy atom. The average Bonchev–Trinajstić information content (AvgIpc) is 3.16. The fourth-order valence-corrected chi connectivity index (χ4v) is 4.47. The highest BCUT2D eigenvalue weighted by Gasteiger charge is 2.18. The lowest BCUT2D eigenvalue weighted by Crippen LogP contribution is -2.46. The number of anilines is 1. The van der Waals surface area contributed by atoms with Crippen molar-refractivity contribution in [3.8, 4) is 6.07 Å². The SMILES string of the molecule is N#Cc1ccc(NC(=O)CCN2CCN(Cc3nc4ccccc4s3)CC2)cc1. The van der Waals surface area contributed by atoms with Crippen LogP contribution in [0.25, 0.3) is 10.2 Å². The van der Waals surface area contributed by atoms with Crippen LogP contribution in [0.4, 0.5) is 5.69 Å². The molecule has 1 amide bonds. The highest BCUT2D eigenvalue weighted by Crippen LogP contribution is 2.23. The van der Waals surface area contributed by atoms with E-state index >= 15 is 0 Å². The van der Waals surface area contributed by atoms with Crippen LogP contribution < -0.4 is 5.32 Å². The second-order valence-electron chi connectivity index (χ2n) is 7.18. The van der Waals surface area contributed by atoms with Crippen LogP contribution in [-0.2, 0) is 11.3 Å². The summed E-state index contributed by atoms with van der Waals surface area (Å²) in [7, 11) is 0. The van der Waals surface area contributed by atoms with E-state index in [0.29, 0.717) is 12.0 Å². The van der Waals surface area contributed by atoms with Crippen LogP contribution >= 0.6 is 11.3 Å². The first kappa shape index (κ1) is 19.5. The Kier molecular flexibility index (Phi) is 6.15. The summed E-state index contributed by atoms with van der Waals surface area (Å²) in [5.74, 6) is 0.00612. The molecule has 0 radical (unpaired) electrons. The Balaban J connectivity index is 1.19. The number of nitrogens with zero attached hydrogens (tertiary/aromatic N) is 4. The number of rotatable bonds is 6. The standard InChI is InChI=1S/C22H23N5OS/c23-15-17-5-7-18(8-6-17)24-21(28)9-10-26-11-13-27(14-12-26)16-22-25-19-3-1-2-4-20(19)29-22/h1-8H,9-14,16H2,(H,24,28). The second-order valence-corrected chi connectivity index (χ2v) is 8.30. The summed E-state index contributed by atoms with van der Waals surface area (Å²) in [6.45, 7) is 5.58. The van der Waals surface area contributed by atoms with E-state index in [9.17, 15) is 4.79 Å². The first-order chi connectivity index (χ1) is 14.2. The molecule has 0 spiro atoms. The summed E-state index contributed by atoms with van der Waals surface area (Å²) in [4.78, 5) is 21.7. The lowest BCUT2D eigenvalue weighted by molar-refractivity contribution is -0.116. The normalized spacial score (nSPS) is 15.3. The van der Waals surface area contributed by atoms with Crippen LogP contribution in [0.15, 0.2) is 48.5 Å². The Labute approximate surface area is 174 Å². The van der Waals surface area contributed by atoms with Gasteiger partial charge in [-0.2, -0.15) is 5.26 Å². The van der Waals surface area contributed by atoms with Crippen molar-refractivity contribution >= 4 is 33.1 Å². The third kappa shape index (κ3) is 5.18. The maximum absolute atomic E-state index is 12.2. The van der Waals surface area contributed by atoms with Gasteiger partial charge in [-0.3, -0.25) is 9.69 Å². The summed E-state index contributed by atoms with van der Waals surface area (Å²) < 4.78 is 1.24. The van der Waals surface area contributed by atoms with Crippen LogP contribution in [0.3, 0.4) is 0 Å². The fraction of sp³-hybridized carbons (Fsp3) is 0.318. The molecular formula is C22H23N5OS. The van der Waals surface area contributed by atoms with Gasteiger partial charge >= 0.3 is 0 Å². The highest BCUT2D eigenvalue weighted by atomic mass is 32.1. The van der Waals surface area contributed by atoms with Crippen molar-refractivity contribution in [2.75, 3.05) is 38.0 Å². The number of hydrogen-bond acceptors (Lipinski definition) is 6. The van der Waals surface area contributed by atoms with Gasteiger partial charge in [0.1, 0.15) is 5.01 Å². The highest BCUT2D eigenvalue weighted by molar-refractivity contribution is 7.18. The van der Waals surface area contributed by atoms with E-state index in [1.165, 1.54) is 9.71 Å². The monoisotopic (exact) mass is 405 g/mol. The Morgan fingerprint density at radius 2 is 1.79 bits per heavy atom. The molecule has 6 nitrogen and oxygen atoms in total. The number of hydrogen-bond donors (Lipinski definition) is 1. The molecule has 1 saturated heterocycles. The van der Waals surface area contributed by atoms with E-state index in [1.54, 1.807) is 35.6 Å². The second kappa shape index (κ2) is 9.14. The van der Waals surface area contributed by atoms with Gasteiger partial charge in [-0.05, 0) is 36.4 Å². The third-order valence-corrected chi connectivity index (χ3v) is 6.14. The van der Waals surface area contributed by atoms with Gasteiger partial charge in [0.05, 0.1) is 28.4 Å². The number of nitrogens with one attached hydrogen (secondary N) is 1. The molecule has 1 fully saturated rings. The quantitative estimate of drug-likeness (QED) is 0.681. The smallest absolute Gasteiger partial charge is 0.225 e. The number of amides is 1. The fourth-order valence-electron chi connectivity index (χ4n) is 3.46. The maximum atomic E-state index is 12.2. The molecule has 0 aliphatic carbocycles. The minimum absolute atomic E-state index is 0.00612. The summed E-state index contributed by atoms with van der Waals surface area (Å²) in [6, 6.07) is 17.3. The number of fused-ring (bicyclic) bond motifs is 1. The Hall–Kier alpha value is -2.79. The van der Waals surface area contributed by atoms with Crippen LogP contribution in [-0.4, -0.2) is 53.4 Å². The van der Waals surface area contributed by atoms with Gasteiger partial charge < -0.3 is 10.2 Å². The van der Waals surface area contributed by atoms with Crippen molar-refractivity contribution in [1.29, 1.82) is 5.26 Å². The van der Waals surface area contributed by atoms with Crippen molar-refractivity contribution in [3.05, 3.63) is 59.1 Å². The lowest BCUT2D eigenvalue weighted by atomic mass is 10.2. The number of piperazine rings is 1. The van der Waals surface area contributed by atoms with Crippen molar-refractivity contribution in [2.45, 2.75) is 13.0 Å². The zero-order valence-electron chi connectivity index (χ0n) is 16.2. The predicted molar refractivity (Wildman–Crippen MR) is 116 cm³/mol. The molecule has 148 valence electrons. The minimum atomic E-state index is 0.00612. The van der Waals surface area contributed by atoms with Crippen molar-refractivity contribution < 1.29 is 4.79 Å². The maximum Gasteiger partial charge on any atom is 0.225 e. The largest absolute Gasteiger partial charge is 0.326 e. The molecule has 0 unspecified atom stereocenters. The Bertz CT molecular complexity index is 983.